The molecule has 0 fully saturated rings. The van der Waals surface area contributed by atoms with Crippen molar-refractivity contribution in [3.8, 4) is 0 Å². The second kappa shape index (κ2) is 6.74. The smallest absolute Gasteiger partial charge is 0.0320 e. The highest BCUT2D eigenvalue weighted by molar-refractivity contribution is 5.20. The zero-order chi connectivity index (χ0) is 12.0. The van der Waals surface area contributed by atoms with E-state index in [-0.39, 0.29) is 0 Å². The van der Waals surface area contributed by atoms with E-state index in [2.05, 4.69) is 55.8 Å². The molecule has 1 rings (SSSR count). The van der Waals surface area contributed by atoms with Gasteiger partial charge in [0.1, 0.15) is 0 Å². The Morgan fingerprint density at radius 2 is 2.00 bits per heavy atom. The molecule has 0 amide bonds. The first kappa shape index (κ1) is 13.3. The van der Waals surface area contributed by atoms with Crippen molar-refractivity contribution in [2.75, 3.05) is 26.7 Å². The van der Waals surface area contributed by atoms with Gasteiger partial charge in [-0.05, 0) is 39.3 Å². The second-order valence-electron chi connectivity index (χ2n) is 4.75. The van der Waals surface area contributed by atoms with Gasteiger partial charge in [-0.15, -0.1) is 0 Å². The number of rotatable bonds is 6. The van der Waals surface area contributed by atoms with Gasteiger partial charge in [-0.3, -0.25) is 4.90 Å². The summed E-state index contributed by atoms with van der Waals surface area (Å²) < 4.78 is 0. The standard InChI is InChI=1S/C14H26N2/c1-5-16(13(2)3)12-11-15(4)14-9-7-6-8-10-14/h7,9-10,13H,5-6,8,11-12H2,1-4H3. The van der Waals surface area contributed by atoms with Crippen LogP contribution >= 0.6 is 0 Å². The lowest BCUT2D eigenvalue weighted by molar-refractivity contribution is 0.212. The monoisotopic (exact) mass is 222 g/mol. The molecule has 2 heteroatoms. The van der Waals surface area contributed by atoms with Crippen molar-refractivity contribution in [2.45, 2.75) is 39.7 Å². The first-order chi connectivity index (χ1) is 7.65. The van der Waals surface area contributed by atoms with E-state index in [9.17, 15) is 0 Å². The van der Waals surface area contributed by atoms with E-state index in [0.29, 0.717) is 6.04 Å². The maximum absolute atomic E-state index is 2.50. The molecule has 1 aliphatic rings. The lowest BCUT2D eigenvalue weighted by atomic mass is 10.1. The molecule has 0 aromatic heterocycles. The summed E-state index contributed by atoms with van der Waals surface area (Å²) in [6, 6.07) is 0.647. The van der Waals surface area contributed by atoms with Crippen molar-refractivity contribution in [3.63, 3.8) is 0 Å². The van der Waals surface area contributed by atoms with Crippen LogP contribution in [0.25, 0.3) is 0 Å². The van der Waals surface area contributed by atoms with Crippen molar-refractivity contribution < 1.29 is 0 Å². The highest BCUT2D eigenvalue weighted by Gasteiger charge is 2.09. The fourth-order valence-electron chi connectivity index (χ4n) is 2.07. The van der Waals surface area contributed by atoms with Crippen LogP contribution in [0, 0.1) is 0 Å². The van der Waals surface area contributed by atoms with Crippen LogP contribution in [-0.2, 0) is 0 Å². The number of hydrogen-bond donors (Lipinski definition) is 0. The van der Waals surface area contributed by atoms with Crippen molar-refractivity contribution >= 4 is 0 Å². The van der Waals surface area contributed by atoms with Gasteiger partial charge in [-0.25, -0.2) is 0 Å². The largest absolute Gasteiger partial charge is 0.374 e. The summed E-state index contributed by atoms with van der Waals surface area (Å²) in [5.41, 5.74) is 1.38. The summed E-state index contributed by atoms with van der Waals surface area (Å²) >= 11 is 0. The molecule has 0 heterocycles. The predicted molar refractivity (Wildman–Crippen MR) is 71.5 cm³/mol. The molecule has 0 unspecified atom stereocenters. The van der Waals surface area contributed by atoms with Crippen LogP contribution < -0.4 is 0 Å². The maximum atomic E-state index is 2.50. The Morgan fingerprint density at radius 3 is 2.50 bits per heavy atom. The number of hydrogen-bond acceptors (Lipinski definition) is 2. The van der Waals surface area contributed by atoms with Gasteiger partial charge >= 0.3 is 0 Å². The number of nitrogens with zero attached hydrogens (tertiary/aromatic N) is 2. The SMILES string of the molecule is CCN(CCN(C)C1=CCCC=C1)C(C)C. The quantitative estimate of drug-likeness (QED) is 0.682. The van der Waals surface area contributed by atoms with Crippen molar-refractivity contribution in [2.24, 2.45) is 0 Å². The van der Waals surface area contributed by atoms with Crippen molar-refractivity contribution in [3.05, 3.63) is 23.9 Å². The molecule has 0 aromatic rings. The molecule has 0 saturated carbocycles. The van der Waals surface area contributed by atoms with Gasteiger partial charge in [-0.2, -0.15) is 0 Å². The summed E-state index contributed by atoms with van der Waals surface area (Å²) in [5.74, 6) is 0. The van der Waals surface area contributed by atoms with Crippen LogP contribution in [-0.4, -0.2) is 42.5 Å². The summed E-state index contributed by atoms with van der Waals surface area (Å²) in [4.78, 5) is 4.87. The average molecular weight is 222 g/mol. The molecule has 0 saturated heterocycles. The minimum Gasteiger partial charge on any atom is -0.374 e. The van der Waals surface area contributed by atoms with Gasteiger partial charge in [0.2, 0.25) is 0 Å². The third-order valence-electron chi connectivity index (χ3n) is 3.28. The molecular weight excluding hydrogens is 196 g/mol. The Kier molecular flexibility index (Phi) is 5.61. The first-order valence-corrected chi connectivity index (χ1v) is 6.47. The molecule has 16 heavy (non-hydrogen) atoms. The first-order valence-electron chi connectivity index (χ1n) is 6.47. The lowest BCUT2D eigenvalue weighted by Crippen LogP contribution is -2.37. The normalized spacial score (nSPS) is 15.8. The number of allylic oxidation sites excluding steroid dienone is 3. The van der Waals surface area contributed by atoms with Crippen LogP contribution in [0.3, 0.4) is 0 Å². The molecule has 92 valence electrons. The Labute approximate surface area is 101 Å². The lowest BCUT2D eigenvalue weighted by Gasteiger charge is -2.29. The third kappa shape index (κ3) is 4.01. The zero-order valence-corrected chi connectivity index (χ0v) is 11.2. The average Bonchev–Trinajstić information content (AvgIpc) is 2.30. The highest BCUT2D eigenvalue weighted by Crippen LogP contribution is 2.12. The molecule has 1 aliphatic carbocycles. The minimum atomic E-state index is 0.647. The second-order valence-corrected chi connectivity index (χ2v) is 4.75. The van der Waals surface area contributed by atoms with Crippen LogP contribution in [0.1, 0.15) is 33.6 Å². The van der Waals surface area contributed by atoms with E-state index in [0.717, 1.165) is 19.6 Å². The van der Waals surface area contributed by atoms with Gasteiger partial charge in [0.05, 0.1) is 0 Å². The van der Waals surface area contributed by atoms with Gasteiger partial charge in [0.25, 0.3) is 0 Å². The van der Waals surface area contributed by atoms with Gasteiger partial charge in [0, 0.05) is 31.9 Å². The van der Waals surface area contributed by atoms with Gasteiger partial charge in [0.15, 0.2) is 0 Å². The molecule has 0 atom stereocenters. The highest BCUT2D eigenvalue weighted by atomic mass is 15.2. The van der Waals surface area contributed by atoms with Crippen molar-refractivity contribution in [1.29, 1.82) is 0 Å². The van der Waals surface area contributed by atoms with Crippen LogP contribution in [0.4, 0.5) is 0 Å². The Balaban J connectivity index is 2.36. The Hall–Kier alpha value is -0.760. The van der Waals surface area contributed by atoms with E-state index >= 15 is 0 Å². The van der Waals surface area contributed by atoms with E-state index in [1.165, 1.54) is 18.5 Å². The van der Waals surface area contributed by atoms with Gasteiger partial charge in [-0.1, -0.05) is 19.1 Å². The van der Waals surface area contributed by atoms with E-state index in [1.54, 1.807) is 0 Å². The molecular formula is C14H26N2. The molecule has 0 bridgehead atoms. The van der Waals surface area contributed by atoms with E-state index in [1.807, 2.05) is 0 Å². The number of likely N-dealkylation sites (N-methyl/N-ethyl adjacent to an activating group) is 2. The summed E-state index contributed by atoms with van der Waals surface area (Å²) in [7, 11) is 2.19. The van der Waals surface area contributed by atoms with E-state index < -0.39 is 0 Å². The fraction of sp³-hybridized carbons (Fsp3) is 0.714. The Bertz CT molecular complexity index is 253. The molecule has 0 spiro atoms. The molecule has 0 aromatic carbocycles. The molecule has 0 radical (unpaired) electrons. The summed E-state index contributed by atoms with van der Waals surface area (Å²) in [5, 5.41) is 0. The molecule has 2 nitrogen and oxygen atoms in total. The molecule has 0 aliphatic heterocycles. The van der Waals surface area contributed by atoms with Crippen LogP contribution in [0.2, 0.25) is 0 Å². The van der Waals surface area contributed by atoms with Gasteiger partial charge < -0.3 is 4.90 Å². The molecule has 0 N–H and O–H groups in total. The fourth-order valence-corrected chi connectivity index (χ4v) is 2.07. The topological polar surface area (TPSA) is 6.48 Å². The van der Waals surface area contributed by atoms with Crippen LogP contribution in [0.15, 0.2) is 23.9 Å². The predicted octanol–water partition coefficient (Wildman–Crippen LogP) is 2.88. The summed E-state index contributed by atoms with van der Waals surface area (Å²) in [6.45, 7) is 10.2. The van der Waals surface area contributed by atoms with E-state index in [4.69, 9.17) is 0 Å². The zero-order valence-electron chi connectivity index (χ0n) is 11.2. The minimum absolute atomic E-state index is 0.647. The van der Waals surface area contributed by atoms with Crippen molar-refractivity contribution in [1.82, 2.24) is 9.80 Å². The third-order valence-corrected chi connectivity index (χ3v) is 3.28. The summed E-state index contributed by atoms with van der Waals surface area (Å²) in [6.07, 6.45) is 9.24. The Morgan fingerprint density at radius 1 is 1.25 bits per heavy atom. The van der Waals surface area contributed by atoms with Crippen LogP contribution in [0.5, 0.6) is 0 Å². The maximum Gasteiger partial charge on any atom is 0.0320 e.